The molecule has 0 aliphatic carbocycles. The first-order valence-corrected chi connectivity index (χ1v) is 11.7. The summed E-state index contributed by atoms with van der Waals surface area (Å²) >= 11 is 1.24. The SMILES string of the molecule is CN(C(=O)c1cc2c(s1)-c1cc(C(=O)N3CCC[C@H](O)C3)ccc1OC2)c1ccc(F)cc1F. The fourth-order valence-corrected chi connectivity index (χ4v) is 5.50. The van der Waals surface area contributed by atoms with E-state index < -0.39 is 23.6 Å². The number of piperidine rings is 1. The lowest BCUT2D eigenvalue weighted by Gasteiger charge is -2.30. The average Bonchev–Trinajstić information content (AvgIpc) is 3.27. The summed E-state index contributed by atoms with van der Waals surface area (Å²) in [7, 11) is 1.44. The molecular formula is C25H22F2N2O4S. The Morgan fingerprint density at radius 3 is 2.76 bits per heavy atom. The Balaban J connectivity index is 1.44. The van der Waals surface area contributed by atoms with Gasteiger partial charge in [0.2, 0.25) is 0 Å². The van der Waals surface area contributed by atoms with Crippen molar-refractivity contribution in [1.82, 2.24) is 4.90 Å². The topological polar surface area (TPSA) is 70.1 Å². The molecule has 0 unspecified atom stereocenters. The molecule has 0 spiro atoms. The van der Waals surface area contributed by atoms with Crippen LogP contribution in [0.5, 0.6) is 5.75 Å². The zero-order chi connectivity index (χ0) is 24.0. The molecule has 3 aromatic rings. The predicted molar refractivity (Wildman–Crippen MR) is 124 cm³/mol. The van der Waals surface area contributed by atoms with Gasteiger partial charge in [0.05, 0.1) is 16.7 Å². The summed E-state index contributed by atoms with van der Waals surface area (Å²) in [5, 5.41) is 9.92. The molecule has 0 bridgehead atoms. The summed E-state index contributed by atoms with van der Waals surface area (Å²) in [6.45, 7) is 1.17. The number of rotatable bonds is 3. The monoisotopic (exact) mass is 484 g/mol. The maximum absolute atomic E-state index is 14.2. The zero-order valence-electron chi connectivity index (χ0n) is 18.4. The van der Waals surface area contributed by atoms with E-state index in [1.807, 2.05) is 0 Å². The maximum Gasteiger partial charge on any atom is 0.268 e. The molecule has 1 N–H and O–H groups in total. The number of β-amino-alcohol motifs (C(OH)–C–C–N with tert-alkyl or cyclic N) is 1. The van der Waals surface area contributed by atoms with Crippen molar-refractivity contribution in [3.05, 3.63) is 70.1 Å². The quantitative estimate of drug-likeness (QED) is 0.596. The highest BCUT2D eigenvalue weighted by Crippen LogP contribution is 2.43. The fourth-order valence-electron chi connectivity index (χ4n) is 4.34. The Hall–Kier alpha value is -3.30. The number of likely N-dealkylation sites (tertiary alicyclic amines) is 1. The van der Waals surface area contributed by atoms with Crippen LogP contribution >= 0.6 is 11.3 Å². The van der Waals surface area contributed by atoms with E-state index in [-0.39, 0.29) is 18.2 Å². The number of carbonyl (C=O) groups excluding carboxylic acids is 2. The highest BCUT2D eigenvalue weighted by atomic mass is 32.1. The molecule has 3 heterocycles. The van der Waals surface area contributed by atoms with Crippen LogP contribution in [-0.4, -0.2) is 48.1 Å². The Labute approximate surface area is 199 Å². The molecular weight excluding hydrogens is 462 g/mol. The van der Waals surface area contributed by atoms with Gasteiger partial charge in [-0.05, 0) is 49.2 Å². The minimum absolute atomic E-state index is 0.0222. The summed E-state index contributed by atoms with van der Waals surface area (Å²) in [6, 6.07) is 9.98. The number of fused-ring (bicyclic) bond motifs is 3. The molecule has 1 atom stereocenters. The van der Waals surface area contributed by atoms with Crippen LogP contribution in [0.2, 0.25) is 0 Å². The van der Waals surface area contributed by atoms with Crippen molar-refractivity contribution in [1.29, 1.82) is 0 Å². The molecule has 2 aliphatic rings. The highest BCUT2D eigenvalue weighted by molar-refractivity contribution is 7.17. The molecule has 0 radical (unpaired) electrons. The Morgan fingerprint density at radius 1 is 1.18 bits per heavy atom. The van der Waals surface area contributed by atoms with Crippen molar-refractivity contribution in [2.24, 2.45) is 0 Å². The molecule has 1 aromatic heterocycles. The van der Waals surface area contributed by atoms with Gasteiger partial charge in [0.25, 0.3) is 11.8 Å². The van der Waals surface area contributed by atoms with Crippen molar-refractivity contribution in [3.8, 4) is 16.2 Å². The van der Waals surface area contributed by atoms with Crippen LogP contribution in [0, 0.1) is 11.6 Å². The van der Waals surface area contributed by atoms with Gasteiger partial charge >= 0.3 is 0 Å². The number of halogens is 2. The first kappa shape index (κ1) is 22.5. The van der Waals surface area contributed by atoms with Crippen molar-refractivity contribution in [2.75, 3.05) is 25.0 Å². The summed E-state index contributed by atoms with van der Waals surface area (Å²) < 4.78 is 33.3. The minimum atomic E-state index is -0.822. The normalized spacial score (nSPS) is 16.9. The maximum atomic E-state index is 14.2. The van der Waals surface area contributed by atoms with Gasteiger partial charge in [-0.25, -0.2) is 8.78 Å². The molecule has 34 heavy (non-hydrogen) atoms. The second-order valence-electron chi connectivity index (χ2n) is 8.47. The molecule has 1 fully saturated rings. The highest BCUT2D eigenvalue weighted by Gasteiger charge is 2.28. The van der Waals surface area contributed by atoms with E-state index >= 15 is 0 Å². The van der Waals surface area contributed by atoms with Crippen LogP contribution in [-0.2, 0) is 6.61 Å². The largest absolute Gasteiger partial charge is 0.488 e. The molecule has 2 aromatic carbocycles. The molecule has 2 aliphatic heterocycles. The number of benzene rings is 2. The summed E-state index contributed by atoms with van der Waals surface area (Å²) in [4.78, 5) is 30.1. The third kappa shape index (κ3) is 4.05. The number of amides is 2. The number of anilines is 1. The van der Waals surface area contributed by atoms with Crippen molar-refractivity contribution < 1.29 is 28.2 Å². The second kappa shape index (κ2) is 8.81. The summed E-state index contributed by atoms with van der Waals surface area (Å²) in [5.74, 6) is -1.51. The van der Waals surface area contributed by atoms with E-state index in [4.69, 9.17) is 4.74 Å². The lowest BCUT2D eigenvalue weighted by molar-refractivity contribution is 0.0473. The van der Waals surface area contributed by atoms with Crippen molar-refractivity contribution in [3.63, 3.8) is 0 Å². The zero-order valence-corrected chi connectivity index (χ0v) is 19.2. The van der Waals surface area contributed by atoms with Gasteiger partial charge in [-0.3, -0.25) is 9.59 Å². The Kier molecular flexibility index (Phi) is 5.83. The van der Waals surface area contributed by atoms with Gasteiger partial charge in [0.1, 0.15) is 24.0 Å². The number of aliphatic hydroxyl groups excluding tert-OH is 1. The van der Waals surface area contributed by atoms with Crippen molar-refractivity contribution in [2.45, 2.75) is 25.6 Å². The van der Waals surface area contributed by atoms with Gasteiger partial charge in [0.15, 0.2) is 0 Å². The molecule has 176 valence electrons. The van der Waals surface area contributed by atoms with Gasteiger partial charge < -0.3 is 19.6 Å². The average molecular weight is 485 g/mol. The van der Waals surface area contributed by atoms with Crippen LogP contribution in [0.3, 0.4) is 0 Å². The Bertz CT molecular complexity index is 1290. The summed E-state index contributed by atoms with van der Waals surface area (Å²) in [5.41, 5.74) is 1.97. The number of hydrogen-bond acceptors (Lipinski definition) is 5. The smallest absolute Gasteiger partial charge is 0.268 e. The van der Waals surface area contributed by atoms with Gasteiger partial charge in [-0.15, -0.1) is 11.3 Å². The standard InChI is InChI=1S/C25H22F2N2O4S/c1-28(20-6-5-16(26)11-19(20)27)25(32)22-10-15-13-33-21-7-4-14(9-18(21)23(15)34-22)24(31)29-8-2-3-17(30)12-29/h4-7,9-11,17,30H,2-3,8,12-13H2,1H3/t17-/m0/s1. The molecule has 5 rings (SSSR count). The van der Waals surface area contributed by atoms with E-state index in [1.165, 1.54) is 24.5 Å². The second-order valence-corrected chi connectivity index (χ2v) is 9.52. The van der Waals surface area contributed by atoms with E-state index in [2.05, 4.69) is 0 Å². The predicted octanol–water partition coefficient (Wildman–Crippen LogP) is 4.46. The number of ether oxygens (including phenoxy) is 1. The molecule has 2 amide bonds. The minimum Gasteiger partial charge on any atom is -0.488 e. The third-order valence-electron chi connectivity index (χ3n) is 6.13. The lowest BCUT2D eigenvalue weighted by Crippen LogP contribution is -2.42. The molecule has 6 nitrogen and oxygen atoms in total. The third-order valence-corrected chi connectivity index (χ3v) is 7.33. The van der Waals surface area contributed by atoms with E-state index in [9.17, 15) is 23.5 Å². The van der Waals surface area contributed by atoms with E-state index in [0.717, 1.165) is 33.9 Å². The van der Waals surface area contributed by atoms with Gasteiger partial charge in [-0.2, -0.15) is 0 Å². The number of thiophene rings is 1. The van der Waals surface area contributed by atoms with E-state index in [0.29, 0.717) is 41.3 Å². The number of nitrogens with zero attached hydrogens (tertiary/aromatic N) is 2. The van der Waals surface area contributed by atoms with Crippen LogP contribution in [0.4, 0.5) is 14.5 Å². The van der Waals surface area contributed by atoms with Gasteiger partial charge in [0, 0.05) is 47.8 Å². The van der Waals surface area contributed by atoms with Crippen LogP contribution in [0.1, 0.15) is 38.4 Å². The first-order chi connectivity index (χ1) is 16.3. The number of carbonyl (C=O) groups is 2. The number of aliphatic hydroxyl groups is 1. The van der Waals surface area contributed by atoms with Crippen LogP contribution < -0.4 is 9.64 Å². The molecule has 0 saturated carbocycles. The Morgan fingerprint density at radius 2 is 2.00 bits per heavy atom. The van der Waals surface area contributed by atoms with E-state index in [1.54, 1.807) is 29.2 Å². The van der Waals surface area contributed by atoms with Crippen LogP contribution in [0.15, 0.2) is 42.5 Å². The molecule has 9 heteroatoms. The lowest BCUT2D eigenvalue weighted by atomic mass is 10.0. The van der Waals surface area contributed by atoms with Crippen LogP contribution in [0.25, 0.3) is 10.4 Å². The fraction of sp³-hybridized carbons (Fsp3) is 0.280. The van der Waals surface area contributed by atoms with Crippen molar-refractivity contribution >= 4 is 28.8 Å². The molecule has 1 saturated heterocycles. The number of hydrogen-bond donors (Lipinski definition) is 1. The summed E-state index contributed by atoms with van der Waals surface area (Å²) in [6.07, 6.45) is 0.927. The van der Waals surface area contributed by atoms with Gasteiger partial charge in [-0.1, -0.05) is 0 Å². The first-order valence-electron chi connectivity index (χ1n) is 10.9.